The van der Waals surface area contributed by atoms with E-state index in [2.05, 4.69) is 17.3 Å². The summed E-state index contributed by atoms with van der Waals surface area (Å²) in [5, 5.41) is 18.5. The molecule has 6 nitrogen and oxygen atoms in total. The predicted octanol–water partition coefficient (Wildman–Crippen LogP) is 3.43. The van der Waals surface area contributed by atoms with Crippen molar-refractivity contribution < 1.29 is 4.92 Å². The van der Waals surface area contributed by atoms with Crippen molar-refractivity contribution in [3.63, 3.8) is 0 Å². The van der Waals surface area contributed by atoms with Crippen LogP contribution in [0.25, 0.3) is 0 Å². The maximum atomic E-state index is 11.0. The van der Waals surface area contributed by atoms with Gasteiger partial charge < -0.3 is 5.32 Å². The van der Waals surface area contributed by atoms with Crippen molar-refractivity contribution in [1.29, 1.82) is 0 Å². The number of nitro groups is 1. The van der Waals surface area contributed by atoms with E-state index in [1.165, 1.54) is 0 Å². The molecule has 0 aliphatic rings. The molecule has 0 aliphatic carbocycles. The molecule has 0 unspecified atom stereocenters. The van der Waals surface area contributed by atoms with Crippen molar-refractivity contribution in [2.45, 2.75) is 40.3 Å². The first kappa shape index (κ1) is 15.0. The van der Waals surface area contributed by atoms with Gasteiger partial charge in [0.05, 0.1) is 11.1 Å². The maximum Gasteiger partial charge on any atom is 0.274 e. The number of hydrogen-bond acceptors (Lipinski definition) is 4. The Bertz CT molecular complexity index is 649. The van der Waals surface area contributed by atoms with E-state index in [1.807, 2.05) is 30.1 Å². The van der Waals surface area contributed by atoms with E-state index in [0.29, 0.717) is 12.1 Å². The zero-order chi connectivity index (χ0) is 15.4. The van der Waals surface area contributed by atoms with E-state index in [-0.39, 0.29) is 10.6 Å². The summed E-state index contributed by atoms with van der Waals surface area (Å²) in [4.78, 5) is 10.7. The first-order valence-corrected chi connectivity index (χ1v) is 7.02. The SMILES string of the molecule is CCCn1cc(CNc2cc([N+](=O)[O-])c(C)cc2C)cn1. The minimum atomic E-state index is -0.348. The van der Waals surface area contributed by atoms with Crippen LogP contribution < -0.4 is 5.32 Å². The van der Waals surface area contributed by atoms with Gasteiger partial charge in [-0.2, -0.15) is 5.10 Å². The van der Waals surface area contributed by atoms with E-state index < -0.39 is 0 Å². The number of hydrogen-bond donors (Lipinski definition) is 1. The Kier molecular flexibility index (Phi) is 4.57. The Hall–Kier alpha value is -2.37. The smallest absolute Gasteiger partial charge is 0.274 e. The third-order valence-electron chi connectivity index (χ3n) is 3.36. The molecule has 0 spiro atoms. The Morgan fingerprint density at radius 2 is 2.10 bits per heavy atom. The minimum Gasteiger partial charge on any atom is -0.380 e. The molecule has 0 saturated carbocycles. The van der Waals surface area contributed by atoms with Gasteiger partial charge in [0, 0.05) is 42.2 Å². The van der Waals surface area contributed by atoms with E-state index in [1.54, 1.807) is 13.0 Å². The Balaban J connectivity index is 2.11. The lowest BCUT2D eigenvalue weighted by molar-refractivity contribution is -0.385. The number of rotatable bonds is 6. The molecule has 0 saturated heterocycles. The number of nitro benzene ring substituents is 1. The van der Waals surface area contributed by atoms with Crippen LogP contribution in [0.3, 0.4) is 0 Å². The third-order valence-corrected chi connectivity index (χ3v) is 3.36. The van der Waals surface area contributed by atoms with Crippen molar-refractivity contribution in [2.75, 3.05) is 5.32 Å². The molecule has 0 amide bonds. The van der Waals surface area contributed by atoms with Crippen LogP contribution in [0, 0.1) is 24.0 Å². The standard InChI is InChI=1S/C15H20N4O2/c1-4-5-18-10-13(9-17-18)8-16-14-7-15(19(20)21)12(3)6-11(14)2/h6-7,9-10,16H,4-5,8H2,1-3H3. The van der Waals surface area contributed by atoms with Gasteiger partial charge in [0.1, 0.15) is 0 Å². The lowest BCUT2D eigenvalue weighted by Crippen LogP contribution is -2.02. The summed E-state index contributed by atoms with van der Waals surface area (Å²) < 4.78 is 1.90. The third kappa shape index (κ3) is 3.59. The van der Waals surface area contributed by atoms with Crippen LogP contribution in [-0.2, 0) is 13.1 Å². The highest BCUT2D eigenvalue weighted by Gasteiger charge is 2.13. The normalized spacial score (nSPS) is 10.6. The van der Waals surface area contributed by atoms with Gasteiger partial charge in [-0.15, -0.1) is 0 Å². The summed E-state index contributed by atoms with van der Waals surface area (Å²) >= 11 is 0. The zero-order valence-corrected chi connectivity index (χ0v) is 12.6. The molecule has 1 N–H and O–H groups in total. The molecule has 112 valence electrons. The number of benzene rings is 1. The molecule has 1 aromatic carbocycles. The zero-order valence-electron chi connectivity index (χ0n) is 12.6. The first-order chi connectivity index (χ1) is 10.0. The molecule has 6 heteroatoms. The Morgan fingerprint density at radius 3 is 2.76 bits per heavy atom. The molecule has 2 aromatic rings. The van der Waals surface area contributed by atoms with Gasteiger partial charge in [-0.05, 0) is 31.9 Å². The van der Waals surface area contributed by atoms with Crippen LogP contribution >= 0.6 is 0 Å². The lowest BCUT2D eigenvalue weighted by atomic mass is 10.1. The fourth-order valence-corrected chi connectivity index (χ4v) is 2.27. The van der Waals surface area contributed by atoms with Crippen molar-refractivity contribution in [1.82, 2.24) is 9.78 Å². The highest BCUT2D eigenvalue weighted by atomic mass is 16.6. The molecule has 0 fully saturated rings. The molecule has 0 bridgehead atoms. The molecule has 2 rings (SSSR count). The summed E-state index contributed by atoms with van der Waals surface area (Å²) in [5.74, 6) is 0. The number of nitrogens with one attached hydrogen (secondary N) is 1. The van der Waals surface area contributed by atoms with Crippen molar-refractivity contribution >= 4 is 11.4 Å². The van der Waals surface area contributed by atoms with Gasteiger partial charge >= 0.3 is 0 Å². The molecular weight excluding hydrogens is 268 g/mol. The second-order valence-corrected chi connectivity index (χ2v) is 5.18. The average molecular weight is 288 g/mol. The first-order valence-electron chi connectivity index (χ1n) is 7.02. The van der Waals surface area contributed by atoms with Crippen LogP contribution in [0.1, 0.15) is 30.0 Å². The van der Waals surface area contributed by atoms with Gasteiger partial charge in [0.15, 0.2) is 0 Å². The van der Waals surface area contributed by atoms with Crippen molar-refractivity contribution in [3.05, 3.63) is 51.3 Å². The van der Waals surface area contributed by atoms with Gasteiger partial charge in [-0.25, -0.2) is 0 Å². The lowest BCUT2D eigenvalue weighted by Gasteiger charge is -2.09. The molecule has 21 heavy (non-hydrogen) atoms. The van der Waals surface area contributed by atoms with E-state index in [4.69, 9.17) is 0 Å². The van der Waals surface area contributed by atoms with E-state index in [9.17, 15) is 10.1 Å². The topological polar surface area (TPSA) is 73.0 Å². The fraction of sp³-hybridized carbons (Fsp3) is 0.400. The summed E-state index contributed by atoms with van der Waals surface area (Å²) in [5.41, 5.74) is 3.67. The number of aromatic nitrogens is 2. The highest BCUT2D eigenvalue weighted by molar-refractivity contribution is 5.60. The van der Waals surface area contributed by atoms with Gasteiger partial charge in [-0.1, -0.05) is 6.92 Å². The highest BCUT2D eigenvalue weighted by Crippen LogP contribution is 2.26. The van der Waals surface area contributed by atoms with Crippen LogP contribution in [-0.4, -0.2) is 14.7 Å². The molecule has 0 radical (unpaired) electrons. The molecule has 0 aliphatic heterocycles. The number of anilines is 1. The average Bonchev–Trinajstić information content (AvgIpc) is 2.85. The fourth-order valence-electron chi connectivity index (χ4n) is 2.27. The van der Waals surface area contributed by atoms with E-state index in [0.717, 1.165) is 29.8 Å². The number of aryl methyl sites for hydroxylation is 3. The largest absolute Gasteiger partial charge is 0.380 e. The van der Waals surface area contributed by atoms with E-state index >= 15 is 0 Å². The van der Waals surface area contributed by atoms with Gasteiger partial charge in [-0.3, -0.25) is 14.8 Å². The molecule has 0 atom stereocenters. The van der Waals surface area contributed by atoms with Crippen LogP contribution in [0.4, 0.5) is 11.4 Å². The second-order valence-electron chi connectivity index (χ2n) is 5.18. The molecular formula is C15H20N4O2. The predicted molar refractivity (Wildman–Crippen MR) is 82.4 cm³/mol. The van der Waals surface area contributed by atoms with Gasteiger partial charge in [0.2, 0.25) is 0 Å². The monoisotopic (exact) mass is 288 g/mol. The van der Waals surface area contributed by atoms with Crippen LogP contribution in [0.5, 0.6) is 0 Å². The summed E-state index contributed by atoms with van der Waals surface area (Å²) in [6.07, 6.45) is 4.85. The molecule has 1 aromatic heterocycles. The summed E-state index contributed by atoms with van der Waals surface area (Å²) in [7, 11) is 0. The summed E-state index contributed by atoms with van der Waals surface area (Å²) in [6.45, 7) is 7.30. The minimum absolute atomic E-state index is 0.143. The Morgan fingerprint density at radius 1 is 1.33 bits per heavy atom. The summed E-state index contributed by atoms with van der Waals surface area (Å²) in [6, 6.07) is 3.43. The van der Waals surface area contributed by atoms with Crippen molar-refractivity contribution in [2.24, 2.45) is 0 Å². The quantitative estimate of drug-likeness (QED) is 0.653. The van der Waals surface area contributed by atoms with Crippen LogP contribution in [0.15, 0.2) is 24.5 Å². The van der Waals surface area contributed by atoms with Crippen LogP contribution in [0.2, 0.25) is 0 Å². The molecule has 1 heterocycles. The Labute approximate surface area is 123 Å². The van der Waals surface area contributed by atoms with Gasteiger partial charge in [0.25, 0.3) is 5.69 Å². The number of nitrogens with zero attached hydrogens (tertiary/aromatic N) is 3. The second kappa shape index (κ2) is 6.39. The maximum absolute atomic E-state index is 11.0. The van der Waals surface area contributed by atoms with Crippen molar-refractivity contribution in [3.8, 4) is 0 Å².